The molecule has 1 N–H and O–H groups in total. The van der Waals surface area contributed by atoms with E-state index in [1.54, 1.807) is 18.3 Å². The first-order valence-electron chi connectivity index (χ1n) is 7.35. The number of benzene rings is 1. The number of nitrogens with one attached hydrogen (secondary N) is 1. The van der Waals surface area contributed by atoms with Crippen LogP contribution in [0.2, 0.25) is 0 Å². The lowest BCUT2D eigenvalue weighted by molar-refractivity contribution is -0.123. The van der Waals surface area contributed by atoms with E-state index in [1.165, 1.54) is 5.56 Å². The zero-order valence-corrected chi connectivity index (χ0v) is 13.7. The Balaban J connectivity index is 1.98. The van der Waals surface area contributed by atoms with E-state index in [0.29, 0.717) is 6.42 Å². The van der Waals surface area contributed by atoms with Crippen LogP contribution in [0.25, 0.3) is 0 Å². The van der Waals surface area contributed by atoms with E-state index in [2.05, 4.69) is 11.4 Å². The molecule has 0 spiro atoms. The van der Waals surface area contributed by atoms with E-state index >= 15 is 0 Å². The molecule has 0 fully saturated rings. The van der Waals surface area contributed by atoms with Gasteiger partial charge in [-0.2, -0.15) is 5.26 Å². The summed E-state index contributed by atoms with van der Waals surface area (Å²) in [5.74, 6) is -0.330. The molecule has 0 radical (unpaired) electrons. The highest BCUT2D eigenvalue weighted by atomic mass is 32.1. The summed E-state index contributed by atoms with van der Waals surface area (Å²) < 4.78 is 0. The molecule has 114 valence electrons. The Morgan fingerprint density at radius 3 is 2.64 bits per heavy atom. The molecule has 0 unspecified atom stereocenters. The molecule has 0 aliphatic heterocycles. The van der Waals surface area contributed by atoms with E-state index in [9.17, 15) is 10.1 Å². The summed E-state index contributed by atoms with van der Waals surface area (Å²) in [6.45, 7) is 3.66. The van der Waals surface area contributed by atoms with Gasteiger partial charge in [-0.1, -0.05) is 36.4 Å². The highest BCUT2D eigenvalue weighted by Gasteiger charge is 2.28. The van der Waals surface area contributed by atoms with Crippen LogP contribution in [0.1, 0.15) is 36.6 Å². The van der Waals surface area contributed by atoms with Gasteiger partial charge < -0.3 is 5.32 Å². The van der Waals surface area contributed by atoms with E-state index < -0.39 is 5.54 Å². The molecule has 2 rings (SSSR count). The van der Waals surface area contributed by atoms with E-state index in [-0.39, 0.29) is 11.8 Å². The van der Waals surface area contributed by atoms with Crippen molar-refractivity contribution < 1.29 is 4.79 Å². The lowest BCUT2D eigenvalue weighted by Crippen LogP contribution is -2.46. The summed E-state index contributed by atoms with van der Waals surface area (Å²) in [6.07, 6.45) is 1.36. The van der Waals surface area contributed by atoms with Gasteiger partial charge in [-0.15, -0.1) is 11.3 Å². The van der Waals surface area contributed by atoms with E-state index in [4.69, 9.17) is 0 Å². The van der Waals surface area contributed by atoms with Gasteiger partial charge >= 0.3 is 0 Å². The molecule has 2 aromatic rings. The fraction of sp³-hybridized carbons (Fsp3) is 0.333. The summed E-state index contributed by atoms with van der Waals surface area (Å²) >= 11 is 1.56. The van der Waals surface area contributed by atoms with Gasteiger partial charge in [-0.25, -0.2) is 0 Å². The third kappa shape index (κ3) is 4.19. The predicted octanol–water partition coefficient (Wildman–Crippen LogP) is 3.88. The Hall–Kier alpha value is -2.12. The Kier molecular flexibility index (Phi) is 5.35. The van der Waals surface area contributed by atoms with Crippen LogP contribution < -0.4 is 5.32 Å². The molecule has 3 nitrogen and oxygen atoms in total. The van der Waals surface area contributed by atoms with Gasteiger partial charge in [-0.3, -0.25) is 4.79 Å². The number of hydrogen-bond donors (Lipinski definition) is 1. The van der Waals surface area contributed by atoms with Gasteiger partial charge in [0, 0.05) is 4.88 Å². The first-order valence-corrected chi connectivity index (χ1v) is 8.23. The zero-order valence-electron chi connectivity index (χ0n) is 12.9. The largest absolute Gasteiger partial charge is 0.337 e. The molecule has 0 bridgehead atoms. The van der Waals surface area contributed by atoms with Gasteiger partial charge in [0.25, 0.3) is 0 Å². The van der Waals surface area contributed by atoms with Crippen molar-refractivity contribution in [1.82, 2.24) is 5.32 Å². The fourth-order valence-corrected chi connectivity index (χ4v) is 3.01. The average Bonchev–Trinajstić information content (AvgIpc) is 3.07. The number of nitriles is 1. The maximum atomic E-state index is 12.4. The standard InChI is InChI=1S/C18H20N2OS/c1-14(16-9-6-12-22-16)17(21)20-18(2,13-19)11-10-15-7-4-3-5-8-15/h3-9,12,14H,10-11H2,1-2H3,(H,20,21)/t14-,18-/m1/s1. The number of carbonyl (C=O) groups excluding carboxylic acids is 1. The molecular weight excluding hydrogens is 292 g/mol. The quantitative estimate of drug-likeness (QED) is 0.880. The van der Waals surface area contributed by atoms with Crippen molar-refractivity contribution >= 4 is 17.2 Å². The van der Waals surface area contributed by atoms with Crippen LogP contribution >= 0.6 is 11.3 Å². The smallest absolute Gasteiger partial charge is 0.229 e. The summed E-state index contributed by atoms with van der Waals surface area (Å²) in [6, 6.07) is 16.1. The molecular formula is C18H20N2OS. The van der Waals surface area contributed by atoms with Crippen LogP contribution in [-0.2, 0) is 11.2 Å². The second-order valence-electron chi connectivity index (χ2n) is 5.66. The number of rotatable bonds is 6. The number of thiophene rings is 1. The van der Waals surface area contributed by atoms with Crippen LogP contribution in [0.4, 0.5) is 0 Å². The monoisotopic (exact) mass is 312 g/mol. The van der Waals surface area contributed by atoms with Crippen molar-refractivity contribution in [3.8, 4) is 6.07 Å². The molecule has 1 aromatic heterocycles. The van der Waals surface area contributed by atoms with Crippen molar-refractivity contribution in [3.05, 3.63) is 58.3 Å². The molecule has 1 aromatic carbocycles. The first-order chi connectivity index (χ1) is 10.5. The number of hydrogen-bond acceptors (Lipinski definition) is 3. The number of carbonyl (C=O) groups is 1. The molecule has 1 amide bonds. The first kappa shape index (κ1) is 16.3. The highest BCUT2D eigenvalue weighted by Crippen LogP contribution is 2.22. The maximum absolute atomic E-state index is 12.4. The van der Waals surface area contributed by atoms with Crippen LogP contribution in [-0.4, -0.2) is 11.4 Å². The Morgan fingerprint density at radius 2 is 2.05 bits per heavy atom. The third-order valence-corrected chi connectivity index (χ3v) is 4.82. The van der Waals surface area contributed by atoms with Gasteiger partial charge in [-0.05, 0) is 43.7 Å². The van der Waals surface area contributed by atoms with E-state index in [0.717, 1.165) is 11.3 Å². The van der Waals surface area contributed by atoms with Crippen molar-refractivity contribution in [2.75, 3.05) is 0 Å². The van der Waals surface area contributed by atoms with Crippen molar-refractivity contribution in [3.63, 3.8) is 0 Å². The molecule has 2 atom stereocenters. The SMILES string of the molecule is C[C@@H](C(=O)N[C@@](C)(C#N)CCc1ccccc1)c1cccs1. The summed E-state index contributed by atoms with van der Waals surface area (Å²) in [7, 11) is 0. The maximum Gasteiger partial charge on any atom is 0.229 e. The normalized spacial score (nSPS) is 14.6. The molecule has 0 saturated carbocycles. The van der Waals surface area contributed by atoms with Crippen LogP contribution in [0.5, 0.6) is 0 Å². The molecule has 0 aliphatic rings. The summed E-state index contributed by atoms with van der Waals surface area (Å²) in [4.78, 5) is 13.4. The van der Waals surface area contributed by atoms with Gasteiger partial charge in [0.2, 0.25) is 5.91 Å². The van der Waals surface area contributed by atoms with Gasteiger partial charge in [0.1, 0.15) is 5.54 Å². The van der Waals surface area contributed by atoms with Crippen molar-refractivity contribution in [2.24, 2.45) is 0 Å². The highest BCUT2D eigenvalue weighted by molar-refractivity contribution is 7.10. The topological polar surface area (TPSA) is 52.9 Å². The minimum absolute atomic E-state index is 0.0976. The van der Waals surface area contributed by atoms with Crippen molar-refractivity contribution in [1.29, 1.82) is 5.26 Å². The fourth-order valence-electron chi connectivity index (χ4n) is 2.23. The predicted molar refractivity (Wildman–Crippen MR) is 89.7 cm³/mol. The Morgan fingerprint density at radius 1 is 1.32 bits per heavy atom. The minimum atomic E-state index is -0.849. The van der Waals surface area contributed by atoms with Crippen LogP contribution in [0.3, 0.4) is 0 Å². The molecule has 22 heavy (non-hydrogen) atoms. The molecule has 4 heteroatoms. The van der Waals surface area contributed by atoms with Gasteiger partial charge in [0.05, 0.1) is 12.0 Å². The second kappa shape index (κ2) is 7.24. The second-order valence-corrected chi connectivity index (χ2v) is 6.64. The summed E-state index contributed by atoms with van der Waals surface area (Å²) in [5.41, 5.74) is 0.322. The van der Waals surface area contributed by atoms with E-state index in [1.807, 2.05) is 54.8 Å². The average molecular weight is 312 g/mol. The van der Waals surface area contributed by atoms with Gasteiger partial charge in [0.15, 0.2) is 0 Å². The van der Waals surface area contributed by atoms with Crippen LogP contribution in [0, 0.1) is 11.3 Å². The lowest BCUT2D eigenvalue weighted by atomic mass is 9.93. The minimum Gasteiger partial charge on any atom is -0.337 e. The Labute approximate surface area is 135 Å². The number of aryl methyl sites for hydroxylation is 1. The zero-order chi connectivity index (χ0) is 16.0. The third-order valence-electron chi connectivity index (χ3n) is 3.77. The lowest BCUT2D eigenvalue weighted by Gasteiger charge is -2.25. The van der Waals surface area contributed by atoms with Crippen LogP contribution in [0.15, 0.2) is 47.8 Å². The number of nitrogens with zero attached hydrogens (tertiary/aromatic N) is 1. The Bertz CT molecular complexity index is 645. The summed E-state index contributed by atoms with van der Waals surface area (Å²) in [5, 5.41) is 14.3. The molecule has 0 aliphatic carbocycles. The van der Waals surface area contributed by atoms with Crippen molar-refractivity contribution in [2.45, 2.75) is 38.1 Å². The molecule has 0 saturated heterocycles. The molecule has 1 heterocycles. The number of amides is 1.